The highest BCUT2D eigenvalue weighted by Gasteiger charge is 2.11. The second-order valence-corrected chi connectivity index (χ2v) is 8.73. The minimum Gasteiger partial charge on any atom is -0.497 e. The van der Waals surface area contributed by atoms with E-state index in [1.807, 2.05) is 54.6 Å². The summed E-state index contributed by atoms with van der Waals surface area (Å²) in [4.78, 5) is 9.23. The van der Waals surface area contributed by atoms with Crippen LogP contribution in [-0.2, 0) is 0 Å². The molecule has 0 aliphatic carbocycles. The van der Waals surface area contributed by atoms with Crippen LogP contribution in [0.3, 0.4) is 0 Å². The SMILES string of the molecule is COc1ccc2oc(-c3ccc(C=Cc4ccc(-c5nc6cc(OC)ccc6o5)cc4C)cc3)nc2c1. The van der Waals surface area contributed by atoms with Gasteiger partial charge in [0.1, 0.15) is 22.5 Å². The van der Waals surface area contributed by atoms with Crippen LogP contribution in [0.25, 0.3) is 57.3 Å². The third-order valence-corrected chi connectivity index (χ3v) is 6.32. The molecular weight excluding hydrogens is 464 g/mol. The number of ether oxygens (including phenoxy) is 2. The van der Waals surface area contributed by atoms with Gasteiger partial charge in [0.25, 0.3) is 0 Å². The Hall–Kier alpha value is -4.84. The topological polar surface area (TPSA) is 70.5 Å². The largest absolute Gasteiger partial charge is 0.497 e. The molecule has 6 heteroatoms. The van der Waals surface area contributed by atoms with Gasteiger partial charge in [-0.15, -0.1) is 0 Å². The van der Waals surface area contributed by atoms with Gasteiger partial charge in [-0.3, -0.25) is 0 Å². The number of nitrogens with zero attached hydrogens (tertiary/aromatic N) is 2. The first-order valence-corrected chi connectivity index (χ1v) is 11.9. The Kier molecular flexibility index (Phi) is 5.69. The standard InChI is InChI=1S/C31H24N2O4/c1-19-16-23(31-33-27-18-25(35-3)13-15-29(27)37-31)11-10-21(19)7-4-20-5-8-22(9-6-20)30-32-26-17-24(34-2)12-14-28(26)36-30/h4-18H,1-3H3. The van der Waals surface area contributed by atoms with Crippen molar-refractivity contribution in [1.82, 2.24) is 9.97 Å². The lowest BCUT2D eigenvalue weighted by Crippen LogP contribution is -1.84. The van der Waals surface area contributed by atoms with Crippen LogP contribution in [0.4, 0.5) is 0 Å². The summed E-state index contributed by atoms with van der Waals surface area (Å²) in [7, 11) is 3.28. The number of aromatic nitrogens is 2. The normalized spacial score (nSPS) is 11.5. The second kappa shape index (κ2) is 9.32. The van der Waals surface area contributed by atoms with E-state index in [9.17, 15) is 0 Å². The molecule has 0 aliphatic rings. The average Bonchev–Trinajstić information content (AvgIpc) is 3.56. The Balaban J connectivity index is 1.20. The van der Waals surface area contributed by atoms with Gasteiger partial charge in [0.2, 0.25) is 11.8 Å². The molecule has 6 rings (SSSR count). The maximum Gasteiger partial charge on any atom is 0.227 e. The molecule has 0 bridgehead atoms. The van der Waals surface area contributed by atoms with E-state index in [2.05, 4.69) is 53.3 Å². The summed E-state index contributed by atoms with van der Waals surface area (Å²) in [6.07, 6.45) is 4.20. The van der Waals surface area contributed by atoms with Gasteiger partial charge in [0.15, 0.2) is 11.2 Å². The van der Waals surface area contributed by atoms with Crippen molar-refractivity contribution >= 4 is 34.4 Å². The first-order chi connectivity index (χ1) is 18.1. The number of fused-ring (bicyclic) bond motifs is 2. The van der Waals surface area contributed by atoms with Gasteiger partial charge in [-0.1, -0.05) is 30.4 Å². The highest BCUT2D eigenvalue weighted by Crippen LogP contribution is 2.30. The van der Waals surface area contributed by atoms with Crippen LogP contribution in [0.1, 0.15) is 16.7 Å². The second-order valence-electron chi connectivity index (χ2n) is 8.73. The number of benzene rings is 4. The molecule has 0 saturated heterocycles. The third-order valence-electron chi connectivity index (χ3n) is 6.32. The monoisotopic (exact) mass is 488 g/mol. The summed E-state index contributed by atoms with van der Waals surface area (Å²) in [5.41, 5.74) is 8.21. The van der Waals surface area contributed by atoms with Crippen LogP contribution in [-0.4, -0.2) is 24.2 Å². The molecule has 0 saturated carbocycles. The first-order valence-electron chi connectivity index (χ1n) is 11.9. The van der Waals surface area contributed by atoms with E-state index in [0.29, 0.717) is 11.8 Å². The molecule has 0 N–H and O–H groups in total. The quantitative estimate of drug-likeness (QED) is 0.223. The van der Waals surface area contributed by atoms with Gasteiger partial charge in [-0.05, 0) is 72.1 Å². The zero-order chi connectivity index (χ0) is 25.4. The van der Waals surface area contributed by atoms with Crippen molar-refractivity contribution in [3.05, 3.63) is 95.6 Å². The van der Waals surface area contributed by atoms with E-state index >= 15 is 0 Å². The van der Waals surface area contributed by atoms with Crippen LogP contribution in [0.15, 0.2) is 87.7 Å². The molecular formula is C31H24N2O4. The minimum absolute atomic E-state index is 0.586. The van der Waals surface area contributed by atoms with Crippen molar-refractivity contribution < 1.29 is 18.3 Å². The zero-order valence-corrected chi connectivity index (χ0v) is 20.7. The number of aryl methyl sites for hydroxylation is 1. The number of hydrogen-bond donors (Lipinski definition) is 0. The van der Waals surface area contributed by atoms with E-state index in [4.69, 9.17) is 18.3 Å². The summed E-state index contributed by atoms with van der Waals surface area (Å²) in [6, 6.07) is 25.6. The Morgan fingerprint density at radius 3 is 1.76 bits per heavy atom. The fourth-order valence-electron chi connectivity index (χ4n) is 4.23. The molecule has 0 radical (unpaired) electrons. The first kappa shape index (κ1) is 22.6. The summed E-state index contributed by atoms with van der Waals surface area (Å²) in [5.74, 6) is 2.69. The lowest BCUT2D eigenvalue weighted by atomic mass is 10.0. The average molecular weight is 489 g/mol. The number of oxazole rings is 2. The van der Waals surface area contributed by atoms with Gasteiger partial charge < -0.3 is 18.3 Å². The van der Waals surface area contributed by atoms with Crippen LogP contribution < -0.4 is 9.47 Å². The van der Waals surface area contributed by atoms with Crippen molar-refractivity contribution in [1.29, 1.82) is 0 Å². The molecule has 0 spiro atoms. The van der Waals surface area contributed by atoms with Crippen molar-refractivity contribution in [2.24, 2.45) is 0 Å². The summed E-state index contributed by atoms with van der Waals surface area (Å²) in [5, 5.41) is 0. The van der Waals surface area contributed by atoms with Gasteiger partial charge >= 0.3 is 0 Å². The molecule has 0 aliphatic heterocycles. The Bertz CT molecular complexity index is 1760. The summed E-state index contributed by atoms with van der Waals surface area (Å²) >= 11 is 0. The molecule has 2 heterocycles. The van der Waals surface area contributed by atoms with E-state index < -0.39 is 0 Å². The van der Waals surface area contributed by atoms with Crippen molar-refractivity contribution in [2.75, 3.05) is 14.2 Å². The smallest absolute Gasteiger partial charge is 0.227 e. The predicted octanol–water partition coefficient (Wildman–Crippen LogP) is 7.80. The molecule has 4 aromatic carbocycles. The van der Waals surface area contributed by atoms with Crippen LogP contribution >= 0.6 is 0 Å². The molecule has 37 heavy (non-hydrogen) atoms. The number of methoxy groups -OCH3 is 2. The van der Waals surface area contributed by atoms with Crippen molar-refractivity contribution in [3.8, 4) is 34.4 Å². The zero-order valence-electron chi connectivity index (χ0n) is 20.7. The van der Waals surface area contributed by atoms with E-state index in [0.717, 1.165) is 61.5 Å². The Morgan fingerprint density at radius 1 is 0.622 bits per heavy atom. The summed E-state index contributed by atoms with van der Waals surface area (Å²) in [6.45, 7) is 2.08. The van der Waals surface area contributed by atoms with Crippen LogP contribution in [0.5, 0.6) is 11.5 Å². The van der Waals surface area contributed by atoms with Gasteiger partial charge in [-0.2, -0.15) is 0 Å². The number of rotatable bonds is 6. The molecule has 0 amide bonds. The van der Waals surface area contributed by atoms with Gasteiger partial charge in [0.05, 0.1) is 14.2 Å². The fourth-order valence-corrected chi connectivity index (χ4v) is 4.23. The van der Waals surface area contributed by atoms with E-state index in [1.54, 1.807) is 14.2 Å². The van der Waals surface area contributed by atoms with E-state index in [-0.39, 0.29) is 0 Å². The van der Waals surface area contributed by atoms with Crippen LogP contribution in [0, 0.1) is 6.92 Å². The maximum absolute atomic E-state index is 5.95. The van der Waals surface area contributed by atoms with Crippen molar-refractivity contribution in [3.63, 3.8) is 0 Å². The minimum atomic E-state index is 0.586. The van der Waals surface area contributed by atoms with Crippen LogP contribution in [0.2, 0.25) is 0 Å². The maximum atomic E-state index is 5.95. The molecule has 0 fully saturated rings. The predicted molar refractivity (Wildman–Crippen MR) is 146 cm³/mol. The number of hydrogen-bond acceptors (Lipinski definition) is 6. The Morgan fingerprint density at radius 2 is 1.19 bits per heavy atom. The lowest BCUT2D eigenvalue weighted by Gasteiger charge is -2.03. The molecule has 0 atom stereocenters. The summed E-state index contributed by atoms with van der Waals surface area (Å²) < 4.78 is 22.4. The molecule has 6 nitrogen and oxygen atoms in total. The molecule has 6 aromatic rings. The highest BCUT2D eigenvalue weighted by atomic mass is 16.5. The molecule has 2 aromatic heterocycles. The fraction of sp³-hybridized carbons (Fsp3) is 0.0968. The highest BCUT2D eigenvalue weighted by molar-refractivity contribution is 5.80. The third kappa shape index (κ3) is 4.45. The molecule has 182 valence electrons. The van der Waals surface area contributed by atoms with Gasteiger partial charge in [0, 0.05) is 23.3 Å². The van der Waals surface area contributed by atoms with E-state index in [1.165, 1.54) is 0 Å². The van der Waals surface area contributed by atoms with Crippen molar-refractivity contribution in [2.45, 2.75) is 6.92 Å². The lowest BCUT2D eigenvalue weighted by molar-refractivity contribution is 0.415. The van der Waals surface area contributed by atoms with Gasteiger partial charge in [-0.25, -0.2) is 9.97 Å². The molecule has 0 unspecified atom stereocenters. The Labute approximate surface area is 213 Å².